The van der Waals surface area contributed by atoms with Crippen LogP contribution in [0.1, 0.15) is 16.7 Å². The number of ether oxygens (including phenoxy) is 1. The van der Waals surface area contributed by atoms with Gasteiger partial charge in [-0.25, -0.2) is 0 Å². The van der Waals surface area contributed by atoms with Gasteiger partial charge in [-0.05, 0) is 34.5 Å². The lowest BCUT2D eigenvalue weighted by molar-refractivity contribution is 0.304. The standard InChI is InChI=1S/C20H19N5O/c1-14-5-4-6-15(11-14)13-26-19-10-9-16-7-2-3-8-17(16)18(19)12-21-20-22-24-25-23-20/h2-11H,12-13H2,1H3,(H2,21,22,23,24,25). The Morgan fingerprint density at radius 2 is 1.96 bits per heavy atom. The minimum atomic E-state index is 0.461. The minimum Gasteiger partial charge on any atom is -0.489 e. The lowest BCUT2D eigenvalue weighted by atomic mass is 10.0. The van der Waals surface area contributed by atoms with Crippen LogP contribution in [0.25, 0.3) is 10.8 Å². The zero-order valence-corrected chi connectivity index (χ0v) is 14.4. The lowest BCUT2D eigenvalue weighted by Crippen LogP contribution is -2.05. The Morgan fingerprint density at radius 1 is 1.04 bits per heavy atom. The van der Waals surface area contributed by atoms with E-state index in [1.54, 1.807) is 0 Å². The highest BCUT2D eigenvalue weighted by atomic mass is 16.5. The molecule has 0 spiro atoms. The average molecular weight is 345 g/mol. The molecule has 0 aliphatic carbocycles. The molecule has 1 heterocycles. The first kappa shape index (κ1) is 16.1. The Kier molecular flexibility index (Phi) is 4.47. The Hall–Kier alpha value is -3.41. The van der Waals surface area contributed by atoms with Crippen molar-refractivity contribution in [3.63, 3.8) is 0 Å². The van der Waals surface area contributed by atoms with E-state index in [9.17, 15) is 0 Å². The van der Waals surface area contributed by atoms with Crippen LogP contribution in [0, 0.1) is 6.92 Å². The summed E-state index contributed by atoms with van der Waals surface area (Å²) in [7, 11) is 0. The van der Waals surface area contributed by atoms with Crippen LogP contribution >= 0.6 is 0 Å². The van der Waals surface area contributed by atoms with Gasteiger partial charge in [-0.3, -0.25) is 0 Å². The van der Waals surface area contributed by atoms with Crippen LogP contribution in [0.3, 0.4) is 0 Å². The number of aromatic amines is 1. The largest absolute Gasteiger partial charge is 0.489 e. The second-order valence-corrected chi connectivity index (χ2v) is 6.13. The molecule has 0 unspecified atom stereocenters. The van der Waals surface area contributed by atoms with E-state index in [-0.39, 0.29) is 0 Å². The monoisotopic (exact) mass is 345 g/mol. The second-order valence-electron chi connectivity index (χ2n) is 6.13. The van der Waals surface area contributed by atoms with Gasteiger partial charge in [0.15, 0.2) is 0 Å². The van der Waals surface area contributed by atoms with E-state index in [1.165, 1.54) is 10.9 Å². The number of fused-ring (bicyclic) bond motifs is 1. The highest BCUT2D eigenvalue weighted by molar-refractivity contribution is 5.88. The molecule has 0 bridgehead atoms. The smallest absolute Gasteiger partial charge is 0.263 e. The van der Waals surface area contributed by atoms with Crippen molar-refractivity contribution in [1.82, 2.24) is 20.6 Å². The Morgan fingerprint density at radius 3 is 2.81 bits per heavy atom. The fourth-order valence-corrected chi connectivity index (χ4v) is 3.00. The molecule has 0 atom stereocenters. The lowest BCUT2D eigenvalue weighted by Gasteiger charge is -2.15. The molecule has 0 saturated heterocycles. The molecule has 0 radical (unpaired) electrons. The van der Waals surface area contributed by atoms with Gasteiger partial charge in [0.2, 0.25) is 0 Å². The Labute approximate surface area is 151 Å². The summed E-state index contributed by atoms with van der Waals surface area (Å²) in [5.41, 5.74) is 3.44. The summed E-state index contributed by atoms with van der Waals surface area (Å²) in [6.45, 7) is 3.15. The summed E-state index contributed by atoms with van der Waals surface area (Å²) < 4.78 is 6.15. The van der Waals surface area contributed by atoms with Crippen LogP contribution in [0.5, 0.6) is 5.75 Å². The van der Waals surface area contributed by atoms with Crippen molar-refractivity contribution in [2.45, 2.75) is 20.1 Å². The first-order valence-electron chi connectivity index (χ1n) is 8.46. The summed E-state index contributed by atoms with van der Waals surface area (Å²) in [5.74, 6) is 1.31. The second kappa shape index (κ2) is 7.23. The van der Waals surface area contributed by atoms with Crippen molar-refractivity contribution >= 4 is 16.7 Å². The number of benzene rings is 3. The first-order valence-corrected chi connectivity index (χ1v) is 8.46. The number of aromatic nitrogens is 4. The molecule has 6 heteroatoms. The summed E-state index contributed by atoms with van der Waals surface area (Å²) in [5, 5.41) is 19.4. The van der Waals surface area contributed by atoms with Crippen molar-refractivity contribution in [3.05, 3.63) is 77.4 Å². The van der Waals surface area contributed by atoms with Crippen LogP contribution in [-0.2, 0) is 13.2 Å². The van der Waals surface area contributed by atoms with Gasteiger partial charge in [-0.15, -0.1) is 5.10 Å². The average Bonchev–Trinajstić information content (AvgIpc) is 3.18. The van der Waals surface area contributed by atoms with Gasteiger partial charge in [0.1, 0.15) is 12.4 Å². The number of nitrogens with one attached hydrogen (secondary N) is 2. The number of H-pyrrole nitrogens is 1. The van der Waals surface area contributed by atoms with Gasteiger partial charge in [0.25, 0.3) is 5.95 Å². The topological polar surface area (TPSA) is 75.7 Å². The van der Waals surface area contributed by atoms with Crippen LogP contribution in [0.15, 0.2) is 60.7 Å². The summed E-state index contributed by atoms with van der Waals surface area (Å²) in [6.07, 6.45) is 0. The van der Waals surface area contributed by atoms with E-state index < -0.39 is 0 Å². The van der Waals surface area contributed by atoms with Crippen LogP contribution in [0.2, 0.25) is 0 Å². The first-order chi connectivity index (χ1) is 12.8. The van der Waals surface area contributed by atoms with Crippen LogP contribution in [-0.4, -0.2) is 20.6 Å². The van der Waals surface area contributed by atoms with Crippen LogP contribution < -0.4 is 10.1 Å². The normalized spacial score (nSPS) is 10.8. The summed E-state index contributed by atoms with van der Waals surface area (Å²) >= 11 is 0. The van der Waals surface area contributed by atoms with Gasteiger partial charge in [-0.2, -0.15) is 5.21 Å². The molecule has 130 valence electrons. The SMILES string of the molecule is Cc1cccc(COc2ccc3ccccc3c2CNc2nn[nH]n2)c1. The molecule has 0 aliphatic heterocycles. The van der Waals surface area contributed by atoms with Gasteiger partial charge in [0.05, 0.1) is 0 Å². The molecule has 0 fully saturated rings. The maximum atomic E-state index is 6.15. The third-order valence-corrected chi connectivity index (χ3v) is 4.24. The highest BCUT2D eigenvalue weighted by Gasteiger charge is 2.10. The molecule has 26 heavy (non-hydrogen) atoms. The van der Waals surface area contributed by atoms with Gasteiger partial charge >= 0.3 is 0 Å². The van der Waals surface area contributed by atoms with Crippen molar-refractivity contribution < 1.29 is 4.74 Å². The number of anilines is 1. The highest BCUT2D eigenvalue weighted by Crippen LogP contribution is 2.29. The minimum absolute atomic E-state index is 0.461. The number of hydrogen-bond acceptors (Lipinski definition) is 5. The van der Waals surface area contributed by atoms with Gasteiger partial charge in [0, 0.05) is 12.1 Å². The quantitative estimate of drug-likeness (QED) is 0.555. The molecule has 4 aromatic rings. The Balaban J connectivity index is 1.63. The Bertz CT molecular complexity index is 1010. The van der Waals surface area contributed by atoms with Crippen molar-refractivity contribution in [2.24, 2.45) is 0 Å². The molecule has 2 N–H and O–H groups in total. The molecule has 6 nitrogen and oxygen atoms in total. The molecule has 0 amide bonds. The summed E-state index contributed by atoms with van der Waals surface area (Å²) in [4.78, 5) is 0. The van der Waals surface area contributed by atoms with E-state index in [4.69, 9.17) is 4.74 Å². The van der Waals surface area contributed by atoms with E-state index in [0.29, 0.717) is 19.1 Å². The fraction of sp³-hybridized carbons (Fsp3) is 0.150. The molecule has 0 aliphatic rings. The predicted octanol–water partition coefficient (Wildman–Crippen LogP) is 3.85. The fourth-order valence-electron chi connectivity index (χ4n) is 3.00. The van der Waals surface area contributed by atoms with Crippen molar-refractivity contribution in [2.75, 3.05) is 5.32 Å². The number of hydrogen-bond donors (Lipinski definition) is 2. The predicted molar refractivity (Wildman–Crippen MR) is 101 cm³/mol. The zero-order chi connectivity index (χ0) is 17.8. The molecule has 3 aromatic carbocycles. The molecule has 1 aromatic heterocycles. The number of tetrazole rings is 1. The number of aryl methyl sites for hydroxylation is 1. The van der Waals surface area contributed by atoms with E-state index in [2.05, 4.69) is 69.3 Å². The van der Waals surface area contributed by atoms with Gasteiger partial charge in [-0.1, -0.05) is 65.3 Å². The van der Waals surface area contributed by atoms with E-state index in [0.717, 1.165) is 22.3 Å². The zero-order valence-electron chi connectivity index (χ0n) is 14.4. The van der Waals surface area contributed by atoms with Crippen molar-refractivity contribution in [1.29, 1.82) is 0 Å². The molecular weight excluding hydrogens is 326 g/mol. The number of rotatable bonds is 6. The van der Waals surface area contributed by atoms with Crippen molar-refractivity contribution in [3.8, 4) is 5.75 Å². The molecule has 4 rings (SSSR count). The third kappa shape index (κ3) is 3.49. The molecular formula is C20H19N5O. The molecule has 0 saturated carbocycles. The summed E-state index contributed by atoms with van der Waals surface area (Å²) in [6, 6.07) is 20.7. The number of nitrogens with zero attached hydrogens (tertiary/aromatic N) is 3. The van der Waals surface area contributed by atoms with E-state index in [1.807, 2.05) is 24.3 Å². The van der Waals surface area contributed by atoms with Crippen LogP contribution in [0.4, 0.5) is 5.95 Å². The van der Waals surface area contributed by atoms with Gasteiger partial charge < -0.3 is 10.1 Å². The van der Waals surface area contributed by atoms with E-state index >= 15 is 0 Å². The maximum Gasteiger partial charge on any atom is 0.263 e. The third-order valence-electron chi connectivity index (χ3n) is 4.24. The maximum absolute atomic E-state index is 6.15.